The maximum atomic E-state index is 5.30. The number of hydrogen-bond acceptors (Lipinski definition) is 4. The molecule has 0 unspecified atom stereocenters. The van der Waals surface area contributed by atoms with Crippen molar-refractivity contribution >= 4 is 5.96 Å². The Morgan fingerprint density at radius 1 is 1.00 bits per heavy atom. The van der Waals surface area contributed by atoms with Crippen molar-refractivity contribution in [1.29, 1.82) is 0 Å². The lowest BCUT2D eigenvalue weighted by atomic mass is 10.5. The first-order valence-electron chi connectivity index (χ1n) is 4.44. The van der Waals surface area contributed by atoms with Crippen molar-refractivity contribution in [3.63, 3.8) is 0 Å². The van der Waals surface area contributed by atoms with Crippen LogP contribution in [0.2, 0.25) is 0 Å². The van der Waals surface area contributed by atoms with Gasteiger partial charge in [-0.25, -0.2) is 0 Å². The molecule has 0 aromatic heterocycles. The van der Waals surface area contributed by atoms with E-state index in [0.29, 0.717) is 13.1 Å². The fourth-order valence-electron chi connectivity index (χ4n) is 0.793. The highest BCUT2D eigenvalue weighted by Crippen LogP contribution is 1.66. The van der Waals surface area contributed by atoms with Gasteiger partial charge in [-0.15, -0.1) is 0 Å². The second kappa shape index (κ2) is 9.24. The van der Waals surface area contributed by atoms with Gasteiger partial charge in [0.2, 0.25) is 0 Å². The Labute approximate surface area is 78.9 Å². The standard InChI is InChI=1S/C7H20N6/c8-1-2-11-3-4-12-5-6-13-7(9)10/h11-12H,1-6,8H2,(H4,9,10,13). The summed E-state index contributed by atoms with van der Waals surface area (Å²) in [7, 11) is 0. The highest BCUT2D eigenvalue weighted by Gasteiger charge is 1.86. The molecule has 13 heavy (non-hydrogen) atoms. The molecule has 0 aliphatic heterocycles. The number of aliphatic imine (C=N–C) groups is 1. The molecule has 78 valence electrons. The van der Waals surface area contributed by atoms with Gasteiger partial charge in [0.25, 0.3) is 0 Å². The molecule has 0 aliphatic carbocycles. The average molecular weight is 188 g/mol. The Bertz CT molecular complexity index is 131. The van der Waals surface area contributed by atoms with E-state index in [1.54, 1.807) is 0 Å². The minimum atomic E-state index is 0.142. The van der Waals surface area contributed by atoms with E-state index >= 15 is 0 Å². The second-order valence-corrected chi connectivity index (χ2v) is 2.60. The van der Waals surface area contributed by atoms with Crippen LogP contribution in [-0.4, -0.2) is 45.2 Å². The minimum absolute atomic E-state index is 0.142. The zero-order chi connectivity index (χ0) is 9.94. The molecule has 0 saturated heterocycles. The molecular weight excluding hydrogens is 168 g/mol. The van der Waals surface area contributed by atoms with Crippen molar-refractivity contribution in [1.82, 2.24) is 10.6 Å². The van der Waals surface area contributed by atoms with Crippen LogP contribution in [0.3, 0.4) is 0 Å². The topological polar surface area (TPSA) is 114 Å². The van der Waals surface area contributed by atoms with Gasteiger partial charge in [0.15, 0.2) is 5.96 Å². The molecule has 8 N–H and O–H groups in total. The smallest absolute Gasteiger partial charge is 0.185 e. The van der Waals surface area contributed by atoms with E-state index in [2.05, 4.69) is 15.6 Å². The van der Waals surface area contributed by atoms with E-state index in [-0.39, 0.29) is 5.96 Å². The molecular formula is C7H20N6. The Balaban J connectivity index is 2.96. The van der Waals surface area contributed by atoms with Crippen molar-refractivity contribution in [2.24, 2.45) is 22.2 Å². The molecule has 0 aromatic rings. The van der Waals surface area contributed by atoms with Crippen LogP contribution in [0.5, 0.6) is 0 Å². The number of guanidine groups is 1. The van der Waals surface area contributed by atoms with Gasteiger partial charge >= 0.3 is 0 Å². The largest absolute Gasteiger partial charge is 0.370 e. The molecule has 0 bridgehead atoms. The van der Waals surface area contributed by atoms with E-state index in [1.807, 2.05) is 0 Å². The Morgan fingerprint density at radius 3 is 2.15 bits per heavy atom. The summed E-state index contributed by atoms with van der Waals surface area (Å²) in [5.41, 5.74) is 15.6. The van der Waals surface area contributed by atoms with E-state index in [1.165, 1.54) is 0 Å². The van der Waals surface area contributed by atoms with E-state index in [0.717, 1.165) is 26.2 Å². The lowest BCUT2D eigenvalue weighted by Gasteiger charge is -2.03. The normalized spacial score (nSPS) is 9.92. The summed E-state index contributed by atoms with van der Waals surface area (Å²) in [5, 5.41) is 6.34. The van der Waals surface area contributed by atoms with Crippen LogP contribution in [0.25, 0.3) is 0 Å². The van der Waals surface area contributed by atoms with Crippen LogP contribution < -0.4 is 27.8 Å². The maximum absolute atomic E-state index is 5.30. The molecule has 0 amide bonds. The van der Waals surface area contributed by atoms with Crippen molar-refractivity contribution in [3.8, 4) is 0 Å². The van der Waals surface area contributed by atoms with Gasteiger partial charge in [-0.2, -0.15) is 0 Å². The zero-order valence-electron chi connectivity index (χ0n) is 7.92. The van der Waals surface area contributed by atoms with Crippen molar-refractivity contribution in [2.45, 2.75) is 0 Å². The van der Waals surface area contributed by atoms with Crippen LogP contribution in [0, 0.1) is 0 Å². The molecule has 0 aromatic carbocycles. The zero-order valence-corrected chi connectivity index (χ0v) is 7.92. The van der Waals surface area contributed by atoms with Gasteiger partial charge < -0.3 is 27.8 Å². The lowest BCUT2D eigenvalue weighted by Crippen LogP contribution is -2.32. The third-order valence-corrected chi connectivity index (χ3v) is 1.38. The number of nitrogens with one attached hydrogen (secondary N) is 2. The van der Waals surface area contributed by atoms with E-state index in [9.17, 15) is 0 Å². The van der Waals surface area contributed by atoms with E-state index < -0.39 is 0 Å². The summed E-state index contributed by atoms with van der Waals surface area (Å²) >= 11 is 0. The summed E-state index contributed by atoms with van der Waals surface area (Å²) < 4.78 is 0. The summed E-state index contributed by atoms with van der Waals surface area (Å²) in [4.78, 5) is 3.83. The molecule has 0 aliphatic rings. The van der Waals surface area contributed by atoms with Gasteiger partial charge in [-0.05, 0) is 0 Å². The maximum Gasteiger partial charge on any atom is 0.185 e. The molecule has 0 fully saturated rings. The summed E-state index contributed by atoms with van der Waals surface area (Å²) in [6.07, 6.45) is 0. The van der Waals surface area contributed by atoms with Crippen molar-refractivity contribution < 1.29 is 0 Å². The number of rotatable bonds is 8. The van der Waals surface area contributed by atoms with Crippen molar-refractivity contribution in [2.75, 3.05) is 39.3 Å². The Hall–Kier alpha value is -0.850. The van der Waals surface area contributed by atoms with Crippen LogP contribution in [0.4, 0.5) is 0 Å². The van der Waals surface area contributed by atoms with Crippen LogP contribution in [0.1, 0.15) is 0 Å². The predicted molar refractivity (Wildman–Crippen MR) is 55.5 cm³/mol. The fourth-order valence-corrected chi connectivity index (χ4v) is 0.793. The SMILES string of the molecule is NCCNCCNCCN=C(N)N. The number of nitrogens with zero attached hydrogens (tertiary/aromatic N) is 1. The summed E-state index contributed by atoms with van der Waals surface area (Å²) in [6.45, 7) is 4.77. The minimum Gasteiger partial charge on any atom is -0.370 e. The molecule has 6 heteroatoms. The predicted octanol–water partition coefficient (Wildman–Crippen LogP) is -2.60. The Morgan fingerprint density at radius 2 is 1.62 bits per heavy atom. The third kappa shape index (κ3) is 11.1. The lowest BCUT2D eigenvalue weighted by molar-refractivity contribution is 0.618. The first-order chi connectivity index (χ1) is 6.27. The third-order valence-electron chi connectivity index (χ3n) is 1.38. The van der Waals surface area contributed by atoms with Gasteiger partial charge in [-0.1, -0.05) is 0 Å². The van der Waals surface area contributed by atoms with Gasteiger partial charge in [0.1, 0.15) is 0 Å². The molecule has 0 heterocycles. The highest BCUT2D eigenvalue weighted by atomic mass is 15.0. The van der Waals surface area contributed by atoms with Crippen LogP contribution >= 0.6 is 0 Å². The first kappa shape index (κ1) is 12.2. The number of nitrogens with two attached hydrogens (primary N) is 3. The average Bonchev–Trinajstić information content (AvgIpc) is 2.09. The number of hydrogen-bond donors (Lipinski definition) is 5. The fraction of sp³-hybridized carbons (Fsp3) is 0.857. The van der Waals surface area contributed by atoms with Gasteiger partial charge in [-0.3, -0.25) is 4.99 Å². The summed E-state index contributed by atoms with van der Waals surface area (Å²) in [6, 6.07) is 0. The molecule has 0 spiro atoms. The second-order valence-electron chi connectivity index (χ2n) is 2.60. The van der Waals surface area contributed by atoms with Gasteiger partial charge in [0.05, 0.1) is 6.54 Å². The molecule has 0 radical (unpaired) electrons. The van der Waals surface area contributed by atoms with Gasteiger partial charge in [0, 0.05) is 32.7 Å². The Kier molecular flexibility index (Phi) is 8.64. The quantitative estimate of drug-likeness (QED) is 0.163. The highest BCUT2D eigenvalue weighted by molar-refractivity contribution is 5.75. The van der Waals surface area contributed by atoms with Crippen LogP contribution in [-0.2, 0) is 0 Å². The van der Waals surface area contributed by atoms with Crippen molar-refractivity contribution in [3.05, 3.63) is 0 Å². The molecule has 6 nitrogen and oxygen atoms in total. The molecule has 0 atom stereocenters. The molecule has 0 saturated carbocycles. The summed E-state index contributed by atoms with van der Waals surface area (Å²) in [5.74, 6) is 0.142. The monoisotopic (exact) mass is 188 g/mol. The molecule has 0 rings (SSSR count). The first-order valence-corrected chi connectivity index (χ1v) is 4.44. The van der Waals surface area contributed by atoms with E-state index in [4.69, 9.17) is 17.2 Å². The van der Waals surface area contributed by atoms with Crippen LogP contribution in [0.15, 0.2) is 4.99 Å².